The Balaban J connectivity index is 2.34. The van der Waals surface area contributed by atoms with Crippen molar-refractivity contribution in [1.29, 1.82) is 0 Å². The predicted octanol–water partition coefficient (Wildman–Crippen LogP) is 4.31. The topological polar surface area (TPSA) is 23.5 Å². The Morgan fingerprint density at radius 2 is 1.76 bits per heavy atom. The van der Waals surface area contributed by atoms with Crippen LogP contribution in [-0.4, -0.2) is 30.6 Å². The van der Waals surface area contributed by atoms with Crippen molar-refractivity contribution < 1.29 is 5.11 Å². The molecule has 3 heteroatoms. The van der Waals surface area contributed by atoms with E-state index in [9.17, 15) is 5.11 Å². The Morgan fingerprint density at radius 1 is 1.19 bits per heavy atom. The first-order chi connectivity index (χ1) is 9.94. The van der Waals surface area contributed by atoms with E-state index in [2.05, 4.69) is 25.9 Å². The highest BCUT2D eigenvalue weighted by atomic mass is 35.5. The molecule has 1 aliphatic carbocycles. The molecule has 1 aliphatic rings. The van der Waals surface area contributed by atoms with Crippen molar-refractivity contribution in [2.75, 3.05) is 20.6 Å². The molecule has 118 valence electrons. The van der Waals surface area contributed by atoms with Crippen LogP contribution in [0.2, 0.25) is 5.02 Å². The molecule has 2 atom stereocenters. The van der Waals surface area contributed by atoms with Crippen molar-refractivity contribution in [2.24, 2.45) is 11.8 Å². The van der Waals surface area contributed by atoms with Crippen molar-refractivity contribution in [1.82, 2.24) is 4.90 Å². The molecule has 0 bridgehead atoms. The molecule has 1 aromatic rings. The van der Waals surface area contributed by atoms with Gasteiger partial charge in [0.1, 0.15) is 0 Å². The molecule has 2 nitrogen and oxygen atoms in total. The number of rotatable bonds is 5. The van der Waals surface area contributed by atoms with E-state index in [1.54, 1.807) is 0 Å². The number of nitrogens with zero attached hydrogens (tertiary/aromatic N) is 1. The summed E-state index contributed by atoms with van der Waals surface area (Å²) in [5.74, 6) is 0.541. The van der Waals surface area contributed by atoms with Gasteiger partial charge in [-0.25, -0.2) is 0 Å². The fourth-order valence-corrected chi connectivity index (χ4v) is 4.00. The van der Waals surface area contributed by atoms with E-state index in [4.69, 9.17) is 11.6 Å². The van der Waals surface area contributed by atoms with Crippen LogP contribution in [0.25, 0.3) is 0 Å². The molecule has 0 spiro atoms. The van der Waals surface area contributed by atoms with E-state index >= 15 is 0 Å². The van der Waals surface area contributed by atoms with Gasteiger partial charge in [0.15, 0.2) is 0 Å². The second-order valence-electron chi connectivity index (χ2n) is 6.83. The lowest BCUT2D eigenvalue weighted by Gasteiger charge is -2.44. The summed E-state index contributed by atoms with van der Waals surface area (Å²) >= 11 is 6.02. The van der Waals surface area contributed by atoms with Crippen molar-refractivity contribution in [3.63, 3.8) is 0 Å². The van der Waals surface area contributed by atoms with Crippen LogP contribution >= 0.6 is 11.6 Å². The van der Waals surface area contributed by atoms with Gasteiger partial charge < -0.3 is 10.0 Å². The summed E-state index contributed by atoms with van der Waals surface area (Å²) in [7, 11) is 4.14. The Bertz CT molecular complexity index is 439. The minimum absolute atomic E-state index is 0.191. The summed E-state index contributed by atoms with van der Waals surface area (Å²) in [5.41, 5.74) is 0.267. The normalized spacial score (nSPS) is 21.2. The highest BCUT2D eigenvalue weighted by molar-refractivity contribution is 6.30. The standard InChI is InChI=1S/C18H28ClNO/c1-14(13-20(2)3)18(21,15-7-5-4-6-8-15)16-9-11-17(19)12-10-16/h9-12,14-15,21H,4-8,13H2,1-3H3/t14-,18-/m0/s1. The minimum atomic E-state index is -0.755. The number of benzene rings is 1. The molecule has 1 saturated carbocycles. The summed E-state index contributed by atoms with van der Waals surface area (Å²) < 4.78 is 0. The number of hydrogen-bond acceptors (Lipinski definition) is 2. The molecule has 0 saturated heterocycles. The first-order valence-corrected chi connectivity index (χ1v) is 8.45. The molecule has 0 unspecified atom stereocenters. The molecule has 1 aromatic carbocycles. The van der Waals surface area contributed by atoms with Gasteiger partial charge in [-0.1, -0.05) is 49.9 Å². The highest BCUT2D eigenvalue weighted by Crippen LogP contribution is 2.44. The zero-order valence-electron chi connectivity index (χ0n) is 13.5. The first-order valence-electron chi connectivity index (χ1n) is 8.07. The molecular formula is C18H28ClNO. The summed E-state index contributed by atoms with van der Waals surface area (Å²) in [4.78, 5) is 2.16. The minimum Gasteiger partial charge on any atom is -0.385 e. The van der Waals surface area contributed by atoms with E-state index in [-0.39, 0.29) is 5.92 Å². The van der Waals surface area contributed by atoms with Crippen LogP contribution in [0.15, 0.2) is 24.3 Å². The Kier molecular flexibility index (Phi) is 5.70. The molecule has 1 N–H and O–H groups in total. The van der Waals surface area contributed by atoms with Gasteiger partial charge in [0, 0.05) is 17.5 Å². The van der Waals surface area contributed by atoms with Crippen LogP contribution in [0.5, 0.6) is 0 Å². The largest absolute Gasteiger partial charge is 0.385 e. The third-order valence-corrected chi connectivity index (χ3v) is 5.18. The zero-order valence-corrected chi connectivity index (χ0v) is 14.2. The first kappa shape index (κ1) is 16.8. The van der Waals surface area contributed by atoms with Gasteiger partial charge in [-0.3, -0.25) is 0 Å². The van der Waals surface area contributed by atoms with Crippen LogP contribution in [0.1, 0.15) is 44.6 Å². The summed E-state index contributed by atoms with van der Waals surface area (Å²) in [6.45, 7) is 3.05. The third-order valence-electron chi connectivity index (χ3n) is 4.92. The fraction of sp³-hybridized carbons (Fsp3) is 0.667. The van der Waals surface area contributed by atoms with E-state index in [1.807, 2.05) is 24.3 Å². The lowest BCUT2D eigenvalue weighted by atomic mass is 9.67. The average Bonchev–Trinajstić information content (AvgIpc) is 2.47. The van der Waals surface area contributed by atoms with Crippen LogP contribution < -0.4 is 0 Å². The third kappa shape index (κ3) is 3.80. The molecule has 0 aliphatic heterocycles. The maximum absolute atomic E-state index is 11.6. The van der Waals surface area contributed by atoms with Gasteiger partial charge in [-0.15, -0.1) is 0 Å². The summed E-state index contributed by atoms with van der Waals surface area (Å²) in [6.07, 6.45) is 6.01. The second kappa shape index (κ2) is 7.13. The number of hydrogen-bond donors (Lipinski definition) is 1. The number of aliphatic hydroxyl groups is 1. The molecule has 0 radical (unpaired) electrons. The average molecular weight is 310 g/mol. The molecule has 2 rings (SSSR count). The lowest BCUT2D eigenvalue weighted by molar-refractivity contribution is -0.0883. The van der Waals surface area contributed by atoms with E-state index in [0.717, 1.165) is 30.0 Å². The van der Waals surface area contributed by atoms with Gasteiger partial charge in [-0.05, 0) is 50.6 Å². The highest BCUT2D eigenvalue weighted by Gasteiger charge is 2.43. The maximum atomic E-state index is 11.6. The lowest BCUT2D eigenvalue weighted by Crippen LogP contribution is -2.45. The molecular weight excluding hydrogens is 282 g/mol. The predicted molar refractivity (Wildman–Crippen MR) is 89.6 cm³/mol. The summed E-state index contributed by atoms with van der Waals surface area (Å²) in [6, 6.07) is 7.80. The van der Waals surface area contributed by atoms with Crippen LogP contribution in [0.3, 0.4) is 0 Å². The van der Waals surface area contributed by atoms with Crippen LogP contribution in [0, 0.1) is 11.8 Å². The van der Waals surface area contributed by atoms with Crippen molar-refractivity contribution in [2.45, 2.75) is 44.6 Å². The van der Waals surface area contributed by atoms with E-state index in [1.165, 1.54) is 19.3 Å². The van der Waals surface area contributed by atoms with Crippen molar-refractivity contribution in [3.05, 3.63) is 34.9 Å². The van der Waals surface area contributed by atoms with Crippen LogP contribution in [0.4, 0.5) is 0 Å². The quantitative estimate of drug-likeness (QED) is 0.876. The van der Waals surface area contributed by atoms with Gasteiger partial charge in [0.25, 0.3) is 0 Å². The Labute approximate surface area is 134 Å². The van der Waals surface area contributed by atoms with Gasteiger partial charge in [0.05, 0.1) is 5.60 Å². The van der Waals surface area contributed by atoms with Crippen molar-refractivity contribution >= 4 is 11.6 Å². The summed E-state index contributed by atoms with van der Waals surface area (Å²) in [5, 5.41) is 12.4. The molecule has 0 heterocycles. The van der Waals surface area contributed by atoms with Gasteiger partial charge in [-0.2, -0.15) is 0 Å². The number of halogens is 1. The maximum Gasteiger partial charge on any atom is 0.0962 e. The van der Waals surface area contributed by atoms with E-state index < -0.39 is 5.60 Å². The SMILES string of the molecule is C[C@@H](CN(C)C)[C@@](O)(c1ccc(Cl)cc1)C1CCCCC1. The van der Waals surface area contributed by atoms with Crippen molar-refractivity contribution in [3.8, 4) is 0 Å². The second-order valence-corrected chi connectivity index (χ2v) is 7.27. The molecule has 0 amide bonds. The molecule has 0 aromatic heterocycles. The van der Waals surface area contributed by atoms with Gasteiger partial charge in [0.2, 0.25) is 0 Å². The zero-order chi connectivity index (χ0) is 15.5. The van der Waals surface area contributed by atoms with Gasteiger partial charge >= 0.3 is 0 Å². The fourth-order valence-electron chi connectivity index (χ4n) is 3.87. The van der Waals surface area contributed by atoms with E-state index in [0.29, 0.717) is 5.92 Å². The molecule has 21 heavy (non-hydrogen) atoms. The Hall–Kier alpha value is -0.570. The monoisotopic (exact) mass is 309 g/mol. The Morgan fingerprint density at radius 3 is 2.29 bits per heavy atom. The van der Waals surface area contributed by atoms with Crippen LogP contribution in [-0.2, 0) is 5.60 Å². The smallest absolute Gasteiger partial charge is 0.0962 e. The molecule has 1 fully saturated rings.